The quantitative estimate of drug-likeness (QED) is 0.376. The first-order valence-corrected chi connectivity index (χ1v) is 12.9. The van der Waals surface area contributed by atoms with Crippen molar-refractivity contribution in [3.8, 4) is 11.1 Å². The highest BCUT2D eigenvalue weighted by atomic mass is 19.1. The number of hydrogen-bond donors (Lipinski definition) is 2. The van der Waals surface area contributed by atoms with Crippen molar-refractivity contribution in [2.75, 3.05) is 23.7 Å². The van der Waals surface area contributed by atoms with Gasteiger partial charge in [0.15, 0.2) is 5.65 Å². The molecular weight excluding hydrogens is 483 g/mol. The molecule has 1 aliphatic heterocycles. The number of aryl methyl sites for hydroxylation is 2. The summed E-state index contributed by atoms with van der Waals surface area (Å²) in [6.45, 7) is 3.47. The summed E-state index contributed by atoms with van der Waals surface area (Å²) in [5, 5.41) is 10.6. The Bertz CT molecular complexity index is 1550. The molecule has 2 aromatic carbocycles. The molecule has 0 spiro atoms. The molecule has 6 rings (SSSR count). The molecule has 3 heterocycles. The highest BCUT2D eigenvalue weighted by molar-refractivity contribution is 6.00. The van der Waals surface area contributed by atoms with Crippen LogP contribution in [0.2, 0.25) is 0 Å². The molecule has 2 N–H and O–H groups in total. The molecule has 1 aliphatic carbocycles. The van der Waals surface area contributed by atoms with E-state index < -0.39 is 17.3 Å². The lowest BCUT2D eigenvalue weighted by Crippen LogP contribution is -2.37. The number of likely N-dealkylation sites (tertiary alicyclic amines) is 1. The smallest absolute Gasteiger partial charge is 0.323 e. The third kappa shape index (κ3) is 4.27. The average Bonchev–Trinajstić information content (AvgIpc) is 3.36. The summed E-state index contributed by atoms with van der Waals surface area (Å²) in [5.74, 6) is -0.308. The normalized spacial score (nSPS) is 16.0. The number of pyridine rings is 1. The van der Waals surface area contributed by atoms with Crippen LogP contribution in [-0.4, -0.2) is 44.7 Å². The van der Waals surface area contributed by atoms with Gasteiger partial charge >= 0.3 is 6.03 Å². The number of urea groups is 1. The lowest BCUT2D eigenvalue weighted by Gasteiger charge is -2.23. The van der Waals surface area contributed by atoms with Crippen LogP contribution in [0.1, 0.15) is 36.9 Å². The molecule has 194 valence electrons. The first-order chi connectivity index (χ1) is 18.3. The largest absolute Gasteiger partial charge is 0.342 e. The standard InChI is InChI=1S/C29H29FN6O2/c1-18-5-10-23(30)24(15-18)33-28(38)32-20-8-6-19(7-9-20)21-16-25(34-26-22(21)17-31-35(26)2)29(11-12-29)27(37)36-13-3-4-14-36/h5-10,15-17H,3-4,11-14H2,1-2H3,(H2,32,33,38). The van der Waals surface area contributed by atoms with E-state index in [2.05, 4.69) is 15.7 Å². The predicted molar refractivity (Wildman–Crippen MR) is 144 cm³/mol. The second-order valence-electron chi connectivity index (χ2n) is 10.3. The molecule has 1 saturated heterocycles. The van der Waals surface area contributed by atoms with Crippen LogP contribution in [-0.2, 0) is 17.3 Å². The third-order valence-corrected chi connectivity index (χ3v) is 7.57. The zero-order valence-corrected chi connectivity index (χ0v) is 21.4. The Morgan fingerprint density at radius 3 is 2.45 bits per heavy atom. The van der Waals surface area contributed by atoms with Crippen molar-refractivity contribution in [3.63, 3.8) is 0 Å². The van der Waals surface area contributed by atoms with Gasteiger partial charge in [0.2, 0.25) is 5.91 Å². The summed E-state index contributed by atoms with van der Waals surface area (Å²) in [6.07, 6.45) is 5.51. The Balaban J connectivity index is 1.28. The summed E-state index contributed by atoms with van der Waals surface area (Å²) >= 11 is 0. The fraction of sp³-hybridized carbons (Fsp3) is 0.310. The number of anilines is 2. The van der Waals surface area contributed by atoms with E-state index in [-0.39, 0.29) is 11.6 Å². The monoisotopic (exact) mass is 512 g/mol. The van der Waals surface area contributed by atoms with Crippen molar-refractivity contribution >= 4 is 34.3 Å². The highest BCUT2D eigenvalue weighted by Gasteiger charge is 2.54. The molecule has 9 heteroatoms. The van der Waals surface area contributed by atoms with Gasteiger partial charge < -0.3 is 15.5 Å². The minimum absolute atomic E-state index is 0.125. The highest BCUT2D eigenvalue weighted by Crippen LogP contribution is 2.50. The van der Waals surface area contributed by atoms with E-state index in [1.165, 1.54) is 6.07 Å². The molecular formula is C29H29FN6O2. The lowest BCUT2D eigenvalue weighted by molar-refractivity contribution is -0.132. The van der Waals surface area contributed by atoms with Crippen LogP contribution in [0.5, 0.6) is 0 Å². The van der Waals surface area contributed by atoms with Crippen molar-refractivity contribution in [2.45, 2.75) is 38.0 Å². The van der Waals surface area contributed by atoms with Gasteiger partial charge in [-0.1, -0.05) is 18.2 Å². The number of halogens is 1. The van der Waals surface area contributed by atoms with E-state index in [0.29, 0.717) is 5.69 Å². The van der Waals surface area contributed by atoms with Crippen LogP contribution in [0.4, 0.5) is 20.6 Å². The van der Waals surface area contributed by atoms with Gasteiger partial charge in [-0.05, 0) is 79.6 Å². The number of benzene rings is 2. The summed E-state index contributed by atoms with van der Waals surface area (Å²) in [6, 6.07) is 13.5. The fourth-order valence-electron chi connectivity index (χ4n) is 5.28. The van der Waals surface area contributed by atoms with E-state index in [1.807, 2.05) is 37.1 Å². The number of carbonyl (C=O) groups excluding carboxylic acids is 2. The van der Waals surface area contributed by atoms with Gasteiger partial charge in [-0.3, -0.25) is 9.48 Å². The molecule has 4 aromatic rings. The third-order valence-electron chi connectivity index (χ3n) is 7.57. The zero-order valence-electron chi connectivity index (χ0n) is 21.4. The number of hydrogen-bond acceptors (Lipinski definition) is 4. The van der Waals surface area contributed by atoms with Gasteiger partial charge in [0.1, 0.15) is 5.82 Å². The molecule has 0 atom stereocenters. The number of aromatic nitrogens is 3. The van der Waals surface area contributed by atoms with Crippen molar-refractivity contribution in [1.82, 2.24) is 19.7 Å². The number of fused-ring (bicyclic) bond motifs is 1. The number of amides is 3. The Hall–Kier alpha value is -4.27. The maximum absolute atomic E-state index is 14.0. The molecule has 0 bridgehead atoms. The van der Waals surface area contributed by atoms with E-state index in [1.54, 1.807) is 35.1 Å². The van der Waals surface area contributed by atoms with Crippen LogP contribution in [0.15, 0.2) is 54.7 Å². The Morgan fingerprint density at radius 1 is 1.00 bits per heavy atom. The van der Waals surface area contributed by atoms with Gasteiger partial charge in [0, 0.05) is 31.2 Å². The first kappa shape index (κ1) is 24.1. The summed E-state index contributed by atoms with van der Waals surface area (Å²) in [4.78, 5) is 32.8. The van der Waals surface area contributed by atoms with Crippen LogP contribution in [0.3, 0.4) is 0 Å². The number of carbonyl (C=O) groups is 2. The zero-order chi connectivity index (χ0) is 26.4. The van der Waals surface area contributed by atoms with E-state index >= 15 is 0 Å². The van der Waals surface area contributed by atoms with Gasteiger partial charge in [0.05, 0.1) is 23.0 Å². The number of nitrogens with zero attached hydrogens (tertiary/aromatic N) is 4. The molecule has 8 nitrogen and oxygen atoms in total. The van der Waals surface area contributed by atoms with Crippen LogP contribution in [0.25, 0.3) is 22.2 Å². The van der Waals surface area contributed by atoms with E-state index in [4.69, 9.17) is 4.98 Å². The average molecular weight is 513 g/mol. The topological polar surface area (TPSA) is 92.2 Å². The van der Waals surface area contributed by atoms with Gasteiger partial charge in [0.25, 0.3) is 0 Å². The maximum atomic E-state index is 14.0. The molecule has 3 amide bonds. The summed E-state index contributed by atoms with van der Waals surface area (Å²) in [7, 11) is 1.85. The SMILES string of the molecule is Cc1ccc(F)c(NC(=O)Nc2ccc(-c3cc(C4(C(=O)N5CCCC5)CC4)nc4c3cnn4C)cc2)c1. The molecule has 38 heavy (non-hydrogen) atoms. The Labute approximate surface area is 219 Å². The van der Waals surface area contributed by atoms with Crippen LogP contribution < -0.4 is 10.6 Å². The van der Waals surface area contributed by atoms with Gasteiger partial charge in [-0.2, -0.15) is 5.10 Å². The van der Waals surface area contributed by atoms with Crippen molar-refractivity contribution in [2.24, 2.45) is 7.05 Å². The summed E-state index contributed by atoms with van der Waals surface area (Å²) < 4.78 is 15.8. The number of nitrogens with one attached hydrogen (secondary N) is 2. The minimum Gasteiger partial charge on any atom is -0.342 e. The van der Waals surface area contributed by atoms with Gasteiger partial charge in [-0.15, -0.1) is 0 Å². The molecule has 2 aliphatic rings. The lowest BCUT2D eigenvalue weighted by atomic mass is 9.94. The van der Waals surface area contributed by atoms with Crippen LogP contribution in [0, 0.1) is 12.7 Å². The predicted octanol–water partition coefficient (Wildman–Crippen LogP) is 5.38. The van der Waals surface area contributed by atoms with Crippen molar-refractivity contribution < 1.29 is 14.0 Å². The molecule has 2 aromatic heterocycles. The van der Waals surface area contributed by atoms with Crippen molar-refractivity contribution in [3.05, 3.63) is 71.8 Å². The Morgan fingerprint density at radius 2 is 1.74 bits per heavy atom. The first-order valence-electron chi connectivity index (χ1n) is 12.9. The fourth-order valence-corrected chi connectivity index (χ4v) is 5.28. The van der Waals surface area contributed by atoms with Crippen molar-refractivity contribution in [1.29, 1.82) is 0 Å². The second-order valence-corrected chi connectivity index (χ2v) is 10.3. The second kappa shape index (κ2) is 9.24. The van der Waals surface area contributed by atoms with E-state index in [9.17, 15) is 14.0 Å². The minimum atomic E-state index is -0.553. The molecule has 0 unspecified atom stereocenters. The molecule has 1 saturated carbocycles. The molecule has 0 radical (unpaired) electrons. The number of rotatable bonds is 5. The molecule has 2 fully saturated rings. The van der Waals surface area contributed by atoms with Gasteiger partial charge in [-0.25, -0.2) is 14.2 Å². The maximum Gasteiger partial charge on any atom is 0.323 e. The van der Waals surface area contributed by atoms with E-state index in [0.717, 1.165) is 72.2 Å². The van der Waals surface area contributed by atoms with Crippen LogP contribution >= 0.6 is 0 Å². The summed E-state index contributed by atoms with van der Waals surface area (Å²) in [5.41, 5.74) is 4.38. The Kier molecular flexibility index (Phi) is 5.86.